The topological polar surface area (TPSA) is 0 Å². The van der Waals surface area contributed by atoms with Gasteiger partial charge < -0.3 is 0 Å². The zero-order valence-electron chi connectivity index (χ0n) is 5.62. The van der Waals surface area contributed by atoms with Gasteiger partial charge in [-0.15, -0.1) is 0 Å². The first-order valence-electron chi connectivity index (χ1n) is 2.94. The van der Waals surface area contributed by atoms with E-state index in [0.29, 0.717) is 3.57 Å². The van der Waals surface area contributed by atoms with Gasteiger partial charge >= 0.3 is 6.18 Å². The molecule has 0 atom stereocenters. The number of halogens is 5. The quantitative estimate of drug-likeness (QED) is 0.582. The Hall–Kier alpha value is 0.470. The molecule has 0 heterocycles. The summed E-state index contributed by atoms with van der Waals surface area (Å²) in [5.41, 5.74) is -0.560. The second-order valence-corrected chi connectivity index (χ2v) is 4.34. The predicted molar refractivity (Wildman–Crippen MR) is 56.9 cm³/mol. The molecular formula is C7H3F3I2. The molecule has 0 N–H and O–H groups in total. The van der Waals surface area contributed by atoms with Crippen LogP contribution in [0.1, 0.15) is 5.56 Å². The van der Waals surface area contributed by atoms with E-state index in [-0.39, 0.29) is 3.57 Å². The van der Waals surface area contributed by atoms with Crippen molar-refractivity contribution in [2.45, 2.75) is 6.18 Å². The van der Waals surface area contributed by atoms with Crippen LogP contribution in [0, 0.1) is 7.14 Å². The first-order valence-corrected chi connectivity index (χ1v) is 5.10. The Balaban J connectivity index is 3.26. The van der Waals surface area contributed by atoms with E-state index in [1.54, 1.807) is 28.7 Å². The van der Waals surface area contributed by atoms with Crippen molar-refractivity contribution in [1.82, 2.24) is 0 Å². The molecule has 0 unspecified atom stereocenters. The molecule has 5 heteroatoms. The van der Waals surface area contributed by atoms with E-state index in [1.807, 2.05) is 22.6 Å². The van der Waals surface area contributed by atoms with Gasteiger partial charge in [-0.2, -0.15) is 13.2 Å². The Morgan fingerprint density at radius 1 is 1.08 bits per heavy atom. The van der Waals surface area contributed by atoms with Gasteiger partial charge in [0.05, 0.1) is 5.56 Å². The molecule has 1 rings (SSSR count). The Labute approximate surface area is 94.8 Å². The minimum absolute atomic E-state index is 0.267. The molecule has 66 valence electrons. The van der Waals surface area contributed by atoms with Crippen LogP contribution < -0.4 is 0 Å². The Morgan fingerprint density at radius 3 is 2.08 bits per heavy atom. The van der Waals surface area contributed by atoms with Gasteiger partial charge in [0, 0.05) is 7.14 Å². The smallest absolute Gasteiger partial charge is 0.166 e. The third kappa shape index (κ3) is 2.24. The maximum atomic E-state index is 12.2. The molecule has 0 amide bonds. The Bertz CT molecular complexity index is 293. The van der Waals surface area contributed by atoms with Gasteiger partial charge in [0.25, 0.3) is 0 Å². The Morgan fingerprint density at radius 2 is 1.67 bits per heavy atom. The number of hydrogen-bond donors (Lipinski definition) is 0. The van der Waals surface area contributed by atoms with Crippen LogP contribution in [-0.4, -0.2) is 0 Å². The second kappa shape index (κ2) is 3.69. The first kappa shape index (κ1) is 10.6. The van der Waals surface area contributed by atoms with Gasteiger partial charge in [0.2, 0.25) is 0 Å². The highest BCUT2D eigenvalue weighted by Crippen LogP contribution is 2.34. The Kier molecular flexibility index (Phi) is 3.24. The van der Waals surface area contributed by atoms with Crippen LogP contribution in [0.5, 0.6) is 0 Å². The summed E-state index contributed by atoms with van der Waals surface area (Å²) in [6.07, 6.45) is -4.24. The molecule has 0 aromatic heterocycles. The van der Waals surface area contributed by atoms with Crippen molar-refractivity contribution in [2.75, 3.05) is 0 Å². The molecule has 0 saturated carbocycles. The minimum Gasteiger partial charge on any atom is -0.166 e. The van der Waals surface area contributed by atoms with Crippen LogP contribution in [-0.2, 0) is 6.18 Å². The maximum absolute atomic E-state index is 12.2. The van der Waals surface area contributed by atoms with Gasteiger partial charge in [-0.25, -0.2) is 0 Å². The molecule has 0 radical (unpaired) electrons. The standard InChI is InChI=1S/C7H3F3I2/c8-7(9,10)4-2-1-3-5(11)6(4)12/h1-3H. The molecule has 0 bridgehead atoms. The van der Waals surface area contributed by atoms with Crippen molar-refractivity contribution in [3.63, 3.8) is 0 Å². The molecule has 0 saturated heterocycles. The lowest BCUT2D eigenvalue weighted by Gasteiger charge is -2.09. The van der Waals surface area contributed by atoms with Crippen LogP contribution >= 0.6 is 45.2 Å². The maximum Gasteiger partial charge on any atom is 0.417 e. The van der Waals surface area contributed by atoms with Gasteiger partial charge in [0.15, 0.2) is 0 Å². The van der Waals surface area contributed by atoms with Crippen molar-refractivity contribution >= 4 is 45.2 Å². The number of rotatable bonds is 0. The number of benzene rings is 1. The fourth-order valence-electron chi connectivity index (χ4n) is 0.723. The fraction of sp³-hybridized carbons (Fsp3) is 0.143. The van der Waals surface area contributed by atoms with Gasteiger partial charge in [-0.3, -0.25) is 0 Å². The highest BCUT2D eigenvalue weighted by Gasteiger charge is 2.33. The van der Waals surface area contributed by atoms with Crippen molar-refractivity contribution in [1.29, 1.82) is 0 Å². The molecule has 0 fully saturated rings. The zero-order valence-corrected chi connectivity index (χ0v) is 9.94. The molecule has 0 aliphatic heterocycles. The van der Waals surface area contributed by atoms with E-state index in [4.69, 9.17) is 0 Å². The van der Waals surface area contributed by atoms with Crippen molar-refractivity contribution in [3.8, 4) is 0 Å². The highest BCUT2D eigenvalue weighted by molar-refractivity contribution is 14.1. The SMILES string of the molecule is FC(F)(F)c1cccc(I)c1I. The van der Waals surface area contributed by atoms with E-state index in [0.717, 1.165) is 6.07 Å². The number of alkyl halides is 3. The summed E-state index contributed by atoms with van der Waals surface area (Å²) >= 11 is 3.59. The van der Waals surface area contributed by atoms with Crippen LogP contribution in [0.15, 0.2) is 18.2 Å². The lowest BCUT2D eigenvalue weighted by atomic mass is 10.2. The van der Waals surface area contributed by atoms with E-state index in [2.05, 4.69) is 0 Å². The molecule has 0 nitrogen and oxygen atoms in total. The minimum atomic E-state index is -4.24. The molecule has 0 aliphatic rings. The molecule has 1 aromatic carbocycles. The first-order chi connectivity index (χ1) is 5.43. The van der Waals surface area contributed by atoms with Gasteiger partial charge in [0.1, 0.15) is 0 Å². The molecule has 0 spiro atoms. The van der Waals surface area contributed by atoms with Crippen molar-refractivity contribution in [2.24, 2.45) is 0 Å². The summed E-state index contributed by atoms with van der Waals surface area (Å²) in [4.78, 5) is 0. The lowest BCUT2D eigenvalue weighted by molar-refractivity contribution is -0.138. The van der Waals surface area contributed by atoms with Crippen molar-refractivity contribution in [3.05, 3.63) is 30.9 Å². The van der Waals surface area contributed by atoms with Crippen LogP contribution in [0.3, 0.4) is 0 Å². The summed E-state index contributed by atoms with van der Waals surface area (Å²) in [6, 6.07) is 4.15. The average molecular weight is 398 g/mol. The second-order valence-electron chi connectivity index (χ2n) is 2.10. The highest BCUT2D eigenvalue weighted by atomic mass is 127. The fourth-order valence-corrected chi connectivity index (χ4v) is 1.89. The van der Waals surface area contributed by atoms with E-state index in [1.165, 1.54) is 6.07 Å². The van der Waals surface area contributed by atoms with E-state index in [9.17, 15) is 13.2 Å². The summed E-state index contributed by atoms with van der Waals surface area (Å²) in [6.45, 7) is 0. The van der Waals surface area contributed by atoms with Gasteiger partial charge in [-0.1, -0.05) is 6.07 Å². The largest absolute Gasteiger partial charge is 0.417 e. The molecular weight excluding hydrogens is 395 g/mol. The van der Waals surface area contributed by atoms with E-state index < -0.39 is 11.7 Å². The normalized spacial score (nSPS) is 11.8. The zero-order chi connectivity index (χ0) is 9.35. The van der Waals surface area contributed by atoms with E-state index >= 15 is 0 Å². The van der Waals surface area contributed by atoms with Crippen LogP contribution in [0.4, 0.5) is 13.2 Å². The van der Waals surface area contributed by atoms with Crippen LogP contribution in [0.25, 0.3) is 0 Å². The summed E-state index contributed by atoms with van der Waals surface area (Å²) in [7, 11) is 0. The number of hydrogen-bond acceptors (Lipinski definition) is 0. The molecule has 1 aromatic rings. The molecule has 0 aliphatic carbocycles. The monoisotopic (exact) mass is 398 g/mol. The lowest BCUT2D eigenvalue weighted by Crippen LogP contribution is -2.08. The van der Waals surface area contributed by atoms with Crippen LogP contribution in [0.2, 0.25) is 0 Å². The van der Waals surface area contributed by atoms with Gasteiger partial charge in [-0.05, 0) is 57.3 Å². The predicted octanol–water partition coefficient (Wildman–Crippen LogP) is 3.91. The molecule has 12 heavy (non-hydrogen) atoms. The average Bonchev–Trinajstić information content (AvgIpc) is 1.92. The third-order valence-electron chi connectivity index (χ3n) is 1.26. The summed E-state index contributed by atoms with van der Waals surface area (Å²) in [5.74, 6) is 0. The van der Waals surface area contributed by atoms with Crippen molar-refractivity contribution < 1.29 is 13.2 Å². The third-order valence-corrected chi connectivity index (χ3v) is 4.35. The summed E-state index contributed by atoms with van der Waals surface area (Å²) in [5, 5.41) is 0. The summed E-state index contributed by atoms with van der Waals surface area (Å²) < 4.78 is 37.6.